The normalized spacial score (nSPS) is 12.2. The maximum Gasteiger partial charge on any atom is 0.318 e. The summed E-state index contributed by atoms with van der Waals surface area (Å²) in [5.74, 6) is 0.158. The Morgan fingerprint density at radius 3 is 2.58 bits per heavy atom. The van der Waals surface area contributed by atoms with Gasteiger partial charge in [-0.25, -0.2) is 4.79 Å². The van der Waals surface area contributed by atoms with Crippen LogP contribution < -0.4 is 11.1 Å². The van der Waals surface area contributed by atoms with Gasteiger partial charge in [-0.1, -0.05) is 25.6 Å². The fraction of sp³-hybridized carbons (Fsp3) is 0.438. The number of carbonyl (C=O) groups excluding carboxylic acids is 2. The Hall–Kier alpha value is -2.46. The van der Waals surface area contributed by atoms with E-state index in [0.717, 1.165) is 5.56 Å². The summed E-state index contributed by atoms with van der Waals surface area (Å²) in [6.45, 7) is 4.75. The number of rotatable bonds is 8. The Labute approximate surface area is 155 Å². The van der Waals surface area contributed by atoms with Gasteiger partial charge in [-0.2, -0.15) is 0 Å². The molecule has 3 N–H and O–H groups in total. The minimum atomic E-state index is -0.875. The van der Waals surface area contributed by atoms with Crippen molar-refractivity contribution in [3.05, 3.63) is 24.5 Å². The van der Waals surface area contributed by atoms with Crippen molar-refractivity contribution in [1.29, 1.82) is 0 Å². The molecule has 0 bridgehead atoms. The number of imide groups is 1. The van der Waals surface area contributed by atoms with Crippen LogP contribution >= 0.6 is 11.8 Å². The van der Waals surface area contributed by atoms with E-state index in [2.05, 4.69) is 20.5 Å². The number of pyridine rings is 1. The van der Waals surface area contributed by atoms with Crippen LogP contribution in [0.1, 0.15) is 13.8 Å². The molecule has 2 aromatic heterocycles. The number of nitrogens with zero attached hydrogens (tertiary/aromatic N) is 4. The van der Waals surface area contributed by atoms with Crippen molar-refractivity contribution in [1.82, 2.24) is 25.1 Å². The van der Waals surface area contributed by atoms with E-state index < -0.39 is 17.2 Å². The van der Waals surface area contributed by atoms with Gasteiger partial charge in [0, 0.05) is 25.1 Å². The number of methoxy groups -OCH3 is 1. The maximum absolute atomic E-state index is 12.3. The second kappa shape index (κ2) is 9.30. The predicted molar refractivity (Wildman–Crippen MR) is 97.3 cm³/mol. The Kier molecular flexibility index (Phi) is 7.10. The highest BCUT2D eigenvalue weighted by Gasteiger charge is 2.27. The first-order chi connectivity index (χ1) is 12.4. The van der Waals surface area contributed by atoms with Crippen LogP contribution in [-0.4, -0.2) is 50.7 Å². The number of urea groups is 1. The number of aromatic nitrogens is 4. The first-order valence-electron chi connectivity index (χ1n) is 8.03. The average Bonchev–Trinajstić information content (AvgIpc) is 3.00. The second-order valence-electron chi connectivity index (χ2n) is 5.82. The fourth-order valence-corrected chi connectivity index (χ4v) is 3.33. The van der Waals surface area contributed by atoms with Gasteiger partial charge in [-0.05, 0) is 18.1 Å². The number of amides is 3. The van der Waals surface area contributed by atoms with Crippen LogP contribution in [0.15, 0.2) is 29.7 Å². The number of thioether (sulfide) groups is 1. The van der Waals surface area contributed by atoms with Gasteiger partial charge < -0.3 is 10.5 Å². The van der Waals surface area contributed by atoms with Gasteiger partial charge in [0.2, 0.25) is 5.91 Å². The highest BCUT2D eigenvalue weighted by Crippen LogP contribution is 2.30. The molecule has 0 saturated heterocycles. The minimum Gasteiger partial charge on any atom is -0.383 e. The Bertz CT molecular complexity index is 750. The summed E-state index contributed by atoms with van der Waals surface area (Å²) >= 11 is 1.24. The Balaban J connectivity index is 2.33. The van der Waals surface area contributed by atoms with Crippen molar-refractivity contribution in [2.45, 2.75) is 30.8 Å². The highest BCUT2D eigenvalue weighted by molar-refractivity contribution is 8.00. The van der Waals surface area contributed by atoms with E-state index in [9.17, 15) is 9.59 Å². The van der Waals surface area contributed by atoms with Gasteiger partial charge in [-0.15, -0.1) is 10.2 Å². The molecule has 0 fully saturated rings. The number of hydrogen-bond acceptors (Lipinski definition) is 7. The summed E-state index contributed by atoms with van der Waals surface area (Å²) < 4.78 is 7.06. The molecule has 0 unspecified atom stereocenters. The number of ether oxygens (including phenoxy) is 1. The van der Waals surface area contributed by atoms with Gasteiger partial charge in [0.15, 0.2) is 11.0 Å². The van der Waals surface area contributed by atoms with E-state index in [0.29, 0.717) is 24.1 Å². The standard InChI is InChI=1S/C16H22N6O3S/c1-10(2)12(14(23)19-15(17)24)26-16-21-20-13(22(16)8-9-25-3)11-4-6-18-7-5-11/h4-7,10,12H,8-9H2,1-3H3,(H3,17,19,23,24)/t12-/m1/s1. The van der Waals surface area contributed by atoms with Crippen LogP contribution in [-0.2, 0) is 16.1 Å². The zero-order valence-corrected chi connectivity index (χ0v) is 15.7. The van der Waals surface area contributed by atoms with E-state index in [-0.39, 0.29) is 5.92 Å². The third-order valence-corrected chi connectivity index (χ3v) is 5.04. The highest BCUT2D eigenvalue weighted by atomic mass is 32.2. The summed E-state index contributed by atoms with van der Waals surface area (Å²) in [4.78, 5) is 27.3. The molecular weight excluding hydrogens is 356 g/mol. The molecule has 2 rings (SSSR count). The second-order valence-corrected chi connectivity index (χ2v) is 6.93. The number of primary amides is 1. The smallest absolute Gasteiger partial charge is 0.318 e. The molecule has 2 aromatic rings. The fourth-order valence-electron chi connectivity index (χ4n) is 2.27. The molecule has 140 valence electrons. The van der Waals surface area contributed by atoms with Gasteiger partial charge in [0.1, 0.15) is 0 Å². The predicted octanol–water partition coefficient (Wildman–Crippen LogP) is 1.30. The minimum absolute atomic E-state index is 0.0451. The van der Waals surface area contributed by atoms with E-state index in [4.69, 9.17) is 10.5 Å². The molecule has 2 heterocycles. The van der Waals surface area contributed by atoms with Crippen LogP contribution in [0.4, 0.5) is 4.79 Å². The van der Waals surface area contributed by atoms with E-state index in [1.807, 2.05) is 30.5 Å². The van der Waals surface area contributed by atoms with Crippen molar-refractivity contribution < 1.29 is 14.3 Å². The molecule has 0 aliphatic rings. The average molecular weight is 378 g/mol. The first-order valence-corrected chi connectivity index (χ1v) is 8.91. The maximum atomic E-state index is 12.3. The molecule has 0 spiro atoms. The molecule has 10 heteroatoms. The molecule has 0 aromatic carbocycles. The number of carbonyl (C=O) groups is 2. The summed E-state index contributed by atoms with van der Waals surface area (Å²) in [5.41, 5.74) is 5.92. The molecule has 26 heavy (non-hydrogen) atoms. The van der Waals surface area contributed by atoms with Crippen LogP contribution in [0.3, 0.4) is 0 Å². The number of nitrogens with two attached hydrogens (primary N) is 1. The van der Waals surface area contributed by atoms with Crippen LogP contribution in [0, 0.1) is 5.92 Å². The van der Waals surface area contributed by atoms with Gasteiger partial charge in [0.25, 0.3) is 0 Å². The summed E-state index contributed by atoms with van der Waals surface area (Å²) in [6.07, 6.45) is 3.35. The van der Waals surface area contributed by atoms with Crippen LogP contribution in [0.2, 0.25) is 0 Å². The van der Waals surface area contributed by atoms with E-state index in [1.54, 1.807) is 19.5 Å². The van der Waals surface area contributed by atoms with Crippen molar-refractivity contribution in [3.63, 3.8) is 0 Å². The summed E-state index contributed by atoms with van der Waals surface area (Å²) in [6, 6.07) is 2.79. The zero-order valence-electron chi connectivity index (χ0n) is 14.9. The molecule has 1 atom stereocenters. The lowest BCUT2D eigenvalue weighted by Gasteiger charge is -2.19. The summed E-state index contributed by atoms with van der Waals surface area (Å²) in [5, 5.41) is 10.6. The van der Waals surface area contributed by atoms with Crippen molar-refractivity contribution in [2.24, 2.45) is 11.7 Å². The molecule has 3 amide bonds. The lowest BCUT2D eigenvalue weighted by atomic mass is 10.1. The van der Waals surface area contributed by atoms with Crippen LogP contribution in [0.25, 0.3) is 11.4 Å². The third-order valence-electron chi connectivity index (χ3n) is 3.52. The first kappa shape index (κ1) is 19.9. The Morgan fingerprint density at radius 1 is 1.31 bits per heavy atom. The van der Waals surface area contributed by atoms with Crippen molar-refractivity contribution >= 4 is 23.7 Å². The number of hydrogen-bond donors (Lipinski definition) is 2. The molecule has 0 aliphatic carbocycles. The van der Waals surface area contributed by atoms with Gasteiger partial charge in [-0.3, -0.25) is 19.7 Å². The van der Waals surface area contributed by atoms with E-state index >= 15 is 0 Å². The van der Waals surface area contributed by atoms with Gasteiger partial charge >= 0.3 is 6.03 Å². The topological polar surface area (TPSA) is 125 Å². The monoisotopic (exact) mass is 378 g/mol. The largest absolute Gasteiger partial charge is 0.383 e. The molecule has 0 aliphatic heterocycles. The zero-order chi connectivity index (χ0) is 19.1. The Morgan fingerprint density at radius 2 is 2.00 bits per heavy atom. The molecular formula is C16H22N6O3S. The number of nitrogens with one attached hydrogen (secondary N) is 1. The molecule has 0 radical (unpaired) electrons. The van der Waals surface area contributed by atoms with Crippen molar-refractivity contribution in [3.8, 4) is 11.4 Å². The quantitative estimate of drug-likeness (QED) is 0.663. The van der Waals surface area contributed by atoms with Gasteiger partial charge in [0.05, 0.1) is 18.4 Å². The summed E-state index contributed by atoms with van der Waals surface area (Å²) in [7, 11) is 1.61. The molecule has 9 nitrogen and oxygen atoms in total. The van der Waals surface area contributed by atoms with Crippen LogP contribution in [0.5, 0.6) is 0 Å². The lowest BCUT2D eigenvalue weighted by molar-refractivity contribution is -0.120. The van der Waals surface area contributed by atoms with Crippen molar-refractivity contribution in [2.75, 3.05) is 13.7 Å². The third kappa shape index (κ3) is 5.02. The molecule has 0 saturated carbocycles. The van der Waals surface area contributed by atoms with E-state index in [1.165, 1.54) is 11.8 Å². The lowest BCUT2D eigenvalue weighted by Crippen LogP contribution is -2.42. The SMILES string of the molecule is COCCn1c(S[C@@H](C(=O)NC(N)=O)C(C)C)nnc1-c1ccncc1.